The molecule has 4 heterocycles. The zero-order chi connectivity index (χ0) is 19.0. The van der Waals surface area contributed by atoms with Crippen molar-refractivity contribution in [1.82, 2.24) is 24.8 Å². The van der Waals surface area contributed by atoms with E-state index in [4.69, 9.17) is 4.74 Å². The van der Waals surface area contributed by atoms with E-state index in [0.29, 0.717) is 38.0 Å². The Hall–Kier alpha value is -2.74. The lowest BCUT2D eigenvalue weighted by molar-refractivity contribution is -0.171. The zero-order valence-electron chi connectivity index (χ0n) is 15.5. The fourth-order valence-electron chi connectivity index (χ4n) is 3.88. The van der Waals surface area contributed by atoms with Crippen LogP contribution in [0.1, 0.15) is 34.7 Å². The Labute approximate surface area is 157 Å². The van der Waals surface area contributed by atoms with Gasteiger partial charge in [-0.15, -0.1) is 0 Å². The third kappa shape index (κ3) is 3.10. The molecule has 0 bridgehead atoms. The second kappa shape index (κ2) is 6.77. The molecule has 0 aromatic carbocycles. The van der Waals surface area contributed by atoms with Gasteiger partial charge in [0.1, 0.15) is 11.4 Å². The molecule has 0 saturated carbocycles. The summed E-state index contributed by atoms with van der Waals surface area (Å²) in [5, 5.41) is 2.66. The predicted octanol–water partition coefficient (Wildman–Crippen LogP) is 0.863. The van der Waals surface area contributed by atoms with Crippen LogP contribution in [0.4, 0.5) is 0 Å². The zero-order valence-corrected chi connectivity index (χ0v) is 15.5. The van der Waals surface area contributed by atoms with Crippen molar-refractivity contribution in [3.05, 3.63) is 47.8 Å². The fraction of sp³-hybridized carbons (Fsp3) is 0.474. The van der Waals surface area contributed by atoms with Gasteiger partial charge in [0.25, 0.3) is 11.8 Å². The topological polar surface area (TPSA) is 89.4 Å². The Morgan fingerprint density at radius 2 is 2.04 bits per heavy atom. The average molecular weight is 369 g/mol. The van der Waals surface area contributed by atoms with Crippen LogP contribution in [0.5, 0.6) is 0 Å². The molecular formula is C19H23N5O3. The summed E-state index contributed by atoms with van der Waals surface area (Å²) in [6, 6.07) is 3.65. The number of likely N-dealkylation sites (N-methyl/N-ethyl adjacent to an activating group) is 1. The second-order valence-electron chi connectivity index (χ2n) is 7.10. The van der Waals surface area contributed by atoms with Crippen LogP contribution in [0.25, 0.3) is 0 Å². The molecule has 2 amide bonds. The predicted molar refractivity (Wildman–Crippen MR) is 97.0 cm³/mol. The Morgan fingerprint density at radius 3 is 2.70 bits per heavy atom. The summed E-state index contributed by atoms with van der Waals surface area (Å²) in [6.45, 7) is 3.43. The van der Waals surface area contributed by atoms with Crippen molar-refractivity contribution in [3.63, 3.8) is 0 Å². The summed E-state index contributed by atoms with van der Waals surface area (Å²) in [5.41, 5.74) is 0.832. The molecule has 8 heteroatoms. The van der Waals surface area contributed by atoms with Crippen molar-refractivity contribution in [3.8, 4) is 0 Å². The first-order chi connectivity index (χ1) is 13.0. The van der Waals surface area contributed by atoms with Crippen LogP contribution in [0.15, 0.2) is 30.7 Å². The fourth-order valence-corrected chi connectivity index (χ4v) is 3.88. The van der Waals surface area contributed by atoms with Gasteiger partial charge in [-0.25, -0.2) is 4.98 Å². The summed E-state index contributed by atoms with van der Waals surface area (Å²) >= 11 is 0. The number of carbonyl (C=O) groups excluding carboxylic acids is 2. The highest BCUT2D eigenvalue weighted by molar-refractivity contribution is 5.94. The molecule has 0 unspecified atom stereocenters. The van der Waals surface area contributed by atoms with Crippen LogP contribution in [-0.4, -0.2) is 57.5 Å². The molecule has 1 fully saturated rings. The van der Waals surface area contributed by atoms with Gasteiger partial charge in [0, 0.05) is 57.3 Å². The quantitative estimate of drug-likeness (QED) is 0.848. The number of nitrogens with zero attached hydrogens (tertiary/aromatic N) is 4. The van der Waals surface area contributed by atoms with Gasteiger partial charge in [0.2, 0.25) is 0 Å². The molecule has 0 radical (unpaired) electrons. The summed E-state index contributed by atoms with van der Waals surface area (Å²) in [6.07, 6.45) is 5.88. The van der Waals surface area contributed by atoms with E-state index in [1.54, 1.807) is 25.5 Å². The lowest BCUT2D eigenvalue weighted by Crippen LogP contribution is -2.54. The molecule has 1 N–H and O–H groups in total. The van der Waals surface area contributed by atoms with Gasteiger partial charge >= 0.3 is 0 Å². The molecule has 1 saturated heterocycles. The van der Waals surface area contributed by atoms with Crippen molar-refractivity contribution < 1.29 is 14.3 Å². The standard InChI is InChI=1S/C19H23N5O3/c1-13-3-4-14(11-22-13)17(26)23-8-5-19(6-9-23)18-21-7-10-24(18)12-15(27-19)16(25)20-2/h3-4,7,10-11,15H,5-6,8-9,12H2,1-2H3,(H,20,25)/t15-/m1/s1. The minimum Gasteiger partial charge on any atom is -0.357 e. The summed E-state index contributed by atoms with van der Waals surface area (Å²) < 4.78 is 8.25. The average Bonchev–Trinajstić information content (AvgIpc) is 3.18. The Balaban J connectivity index is 1.53. The van der Waals surface area contributed by atoms with Crippen molar-refractivity contribution in [2.24, 2.45) is 0 Å². The highest BCUT2D eigenvalue weighted by Gasteiger charge is 2.47. The highest BCUT2D eigenvalue weighted by atomic mass is 16.5. The molecule has 142 valence electrons. The molecule has 2 aliphatic heterocycles. The summed E-state index contributed by atoms with van der Waals surface area (Å²) in [5.74, 6) is 0.670. The van der Waals surface area contributed by atoms with Gasteiger partial charge in [0.05, 0.1) is 12.1 Å². The molecule has 1 spiro atoms. The van der Waals surface area contributed by atoms with E-state index in [-0.39, 0.29) is 11.8 Å². The number of amides is 2. The van der Waals surface area contributed by atoms with Crippen LogP contribution >= 0.6 is 0 Å². The first-order valence-corrected chi connectivity index (χ1v) is 9.15. The van der Waals surface area contributed by atoms with E-state index in [1.165, 1.54) is 0 Å². The molecule has 2 aliphatic rings. The molecule has 8 nitrogen and oxygen atoms in total. The van der Waals surface area contributed by atoms with E-state index in [9.17, 15) is 9.59 Å². The number of aryl methyl sites for hydroxylation is 1. The molecule has 0 aliphatic carbocycles. The van der Waals surface area contributed by atoms with Crippen molar-refractivity contribution in [2.75, 3.05) is 20.1 Å². The number of likely N-dealkylation sites (tertiary alicyclic amines) is 1. The number of pyridine rings is 1. The number of hydrogen-bond acceptors (Lipinski definition) is 5. The highest BCUT2D eigenvalue weighted by Crippen LogP contribution is 2.40. The second-order valence-corrected chi connectivity index (χ2v) is 7.10. The lowest BCUT2D eigenvalue weighted by Gasteiger charge is -2.45. The molecule has 1 atom stereocenters. The minimum atomic E-state index is -0.638. The SMILES string of the molecule is CNC(=O)[C@H]1Cn2ccnc2C2(CCN(C(=O)c3ccc(C)nc3)CC2)O1. The van der Waals surface area contributed by atoms with Gasteiger partial charge in [-0.05, 0) is 19.1 Å². The first-order valence-electron chi connectivity index (χ1n) is 9.15. The molecule has 4 rings (SSSR count). The monoisotopic (exact) mass is 369 g/mol. The normalized spacial score (nSPS) is 21.0. The van der Waals surface area contributed by atoms with Crippen LogP contribution in [0, 0.1) is 6.92 Å². The van der Waals surface area contributed by atoms with Gasteiger partial charge < -0.3 is 19.5 Å². The Bertz CT molecular complexity index is 852. The van der Waals surface area contributed by atoms with Crippen LogP contribution in [-0.2, 0) is 21.7 Å². The van der Waals surface area contributed by atoms with E-state index in [1.807, 2.05) is 28.7 Å². The van der Waals surface area contributed by atoms with Crippen LogP contribution < -0.4 is 5.32 Å². The number of hydrogen-bond donors (Lipinski definition) is 1. The van der Waals surface area contributed by atoms with E-state index < -0.39 is 11.7 Å². The van der Waals surface area contributed by atoms with Crippen LogP contribution in [0.2, 0.25) is 0 Å². The molecule has 2 aromatic rings. The molecular weight excluding hydrogens is 346 g/mol. The van der Waals surface area contributed by atoms with Gasteiger partial charge in [0.15, 0.2) is 6.10 Å². The number of fused-ring (bicyclic) bond motifs is 2. The molecule has 27 heavy (non-hydrogen) atoms. The summed E-state index contributed by atoms with van der Waals surface area (Å²) in [7, 11) is 1.61. The Morgan fingerprint density at radius 1 is 1.26 bits per heavy atom. The first kappa shape index (κ1) is 17.7. The van der Waals surface area contributed by atoms with Crippen molar-refractivity contribution in [1.29, 1.82) is 0 Å². The maximum Gasteiger partial charge on any atom is 0.255 e. The smallest absolute Gasteiger partial charge is 0.255 e. The maximum absolute atomic E-state index is 12.8. The van der Waals surface area contributed by atoms with E-state index in [2.05, 4.69) is 15.3 Å². The van der Waals surface area contributed by atoms with Gasteiger partial charge in [-0.1, -0.05) is 0 Å². The Kier molecular flexibility index (Phi) is 4.43. The molecule has 2 aromatic heterocycles. The van der Waals surface area contributed by atoms with Gasteiger partial charge in [-0.3, -0.25) is 14.6 Å². The number of imidazole rings is 1. The largest absolute Gasteiger partial charge is 0.357 e. The van der Waals surface area contributed by atoms with Crippen molar-refractivity contribution >= 4 is 11.8 Å². The number of carbonyl (C=O) groups is 2. The number of aromatic nitrogens is 3. The third-order valence-corrected chi connectivity index (χ3v) is 5.41. The van der Waals surface area contributed by atoms with Crippen molar-refractivity contribution in [2.45, 2.75) is 38.0 Å². The number of rotatable bonds is 2. The number of piperidine rings is 1. The lowest BCUT2D eigenvalue weighted by atomic mass is 9.88. The number of nitrogens with one attached hydrogen (secondary N) is 1. The maximum atomic E-state index is 12.8. The number of ether oxygens (including phenoxy) is 1. The van der Waals surface area contributed by atoms with E-state index >= 15 is 0 Å². The summed E-state index contributed by atoms with van der Waals surface area (Å²) in [4.78, 5) is 35.4. The third-order valence-electron chi connectivity index (χ3n) is 5.41. The minimum absolute atomic E-state index is 0.0284. The van der Waals surface area contributed by atoms with Crippen LogP contribution in [0.3, 0.4) is 0 Å². The van der Waals surface area contributed by atoms with Gasteiger partial charge in [-0.2, -0.15) is 0 Å². The van der Waals surface area contributed by atoms with E-state index in [0.717, 1.165) is 11.5 Å².